The first-order valence-corrected chi connectivity index (χ1v) is 28.8. The molecule has 9 atom stereocenters. The van der Waals surface area contributed by atoms with Crippen molar-refractivity contribution in [1.29, 1.82) is 0 Å². The zero-order valence-electron chi connectivity index (χ0n) is 42.4. The molecular formula is C50H85N3O17P2. The Bertz CT molecular complexity index is 1930. The number of carbonyl (C=O) groups excluding carboxylic acids is 2. The van der Waals surface area contributed by atoms with E-state index in [1.54, 1.807) is 6.08 Å². The number of anilines is 1. The van der Waals surface area contributed by atoms with E-state index < -0.39 is 95.9 Å². The monoisotopic (exact) mass is 1060 g/mol. The fourth-order valence-corrected chi connectivity index (χ4v) is 9.63. The van der Waals surface area contributed by atoms with Gasteiger partial charge in [0.1, 0.15) is 30.7 Å². The molecule has 0 radical (unpaired) electrons. The summed E-state index contributed by atoms with van der Waals surface area (Å²) in [5.41, 5.74) is 4.56. The lowest BCUT2D eigenvalue weighted by atomic mass is 10.0. The maximum Gasteiger partial charge on any atom is 0.481 e. The van der Waals surface area contributed by atoms with Gasteiger partial charge in [0.05, 0.1) is 25.4 Å². The lowest BCUT2D eigenvalue weighted by molar-refractivity contribution is -0.161. The van der Waals surface area contributed by atoms with E-state index in [0.29, 0.717) is 12.8 Å². The van der Waals surface area contributed by atoms with E-state index in [1.165, 1.54) is 70.3 Å². The number of hydrogen-bond donors (Lipinski definition) is 7. The molecule has 2 heterocycles. The molecule has 1 aromatic rings. The summed E-state index contributed by atoms with van der Waals surface area (Å²) in [5.74, 6) is -1.59. The Labute approximate surface area is 425 Å². The van der Waals surface area contributed by atoms with Gasteiger partial charge < -0.3 is 50.2 Å². The highest BCUT2D eigenvalue weighted by Gasteiger charge is 2.46. The molecule has 1 aliphatic heterocycles. The van der Waals surface area contributed by atoms with Crippen molar-refractivity contribution in [3.8, 4) is 0 Å². The van der Waals surface area contributed by atoms with Crippen LogP contribution in [0.3, 0.4) is 0 Å². The number of unbranched alkanes of at least 4 members (excludes halogenated alkanes) is 14. The third-order valence-electron chi connectivity index (χ3n) is 11.6. The number of aliphatic hydroxyl groups excluding tert-OH is 4. The van der Waals surface area contributed by atoms with Gasteiger partial charge in [-0.3, -0.25) is 23.2 Å². The Morgan fingerprint density at radius 3 is 1.82 bits per heavy atom. The molecule has 1 aliphatic rings. The van der Waals surface area contributed by atoms with Gasteiger partial charge in [-0.15, -0.1) is 0 Å². The highest BCUT2D eigenvalue weighted by atomic mass is 31.3. The molecule has 72 heavy (non-hydrogen) atoms. The molecule has 20 nitrogen and oxygen atoms in total. The third kappa shape index (κ3) is 30.1. The normalized spacial score (nSPS) is 20.3. The van der Waals surface area contributed by atoms with E-state index >= 15 is 0 Å². The highest BCUT2D eigenvalue weighted by molar-refractivity contribution is 7.61. The average Bonchev–Trinajstić information content (AvgIpc) is 3.61. The van der Waals surface area contributed by atoms with Crippen molar-refractivity contribution in [2.75, 3.05) is 25.6 Å². The zero-order chi connectivity index (χ0) is 53.0. The minimum Gasteiger partial charge on any atom is -0.462 e. The summed E-state index contributed by atoms with van der Waals surface area (Å²) >= 11 is 0. The van der Waals surface area contributed by atoms with Crippen molar-refractivity contribution < 1.29 is 76.5 Å². The van der Waals surface area contributed by atoms with Gasteiger partial charge in [-0.05, 0) is 57.4 Å². The summed E-state index contributed by atoms with van der Waals surface area (Å²) in [6.07, 6.45) is 27.8. The second kappa shape index (κ2) is 38.2. The van der Waals surface area contributed by atoms with Gasteiger partial charge in [0.2, 0.25) is 0 Å². The van der Waals surface area contributed by atoms with Crippen LogP contribution < -0.4 is 11.4 Å². The predicted molar refractivity (Wildman–Crippen MR) is 273 cm³/mol. The summed E-state index contributed by atoms with van der Waals surface area (Å²) < 4.78 is 56.6. The maximum absolute atomic E-state index is 12.9. The first-order chi connectivity index (χ1) is 34.5. The van der Waals surface area contributed by atoms with Crippen LogP contribution in [-0.2, 0) is 46.3 Å². The summed E-state index contributed by atoms with van der Waals surface area (Å²) in [4.78, 5) is 62.0. The van der Waals surface area contributed by atoms with E-state index in [1.807, 2.05) is 18.2 Å². The molecule has 2 rings (SSSR count). The number of nitrogen functional groups attached to an aromatic ring is 1. The van der Waals surface area contributed by atoms with Crippen LogP contribution in [0.25, 0.3) is 0 Å². The van der Waals surface area contributed by atoms with Crippen LogP contribution in [0.1, 0.15) is 174 Å². The number of phosphoric acid groups is 2. The van der Waals surface area contributed by atoms with Gasteiger partial charge in [-0.25, -0.2) is 13.9 Å². The second-order valence-electron chi connectivity index (χ2n) is 18.0. The maximum atomic E-state index is 12.9. The molecule has 412 valence electrons. The molecular weight excluding hydrogens is 977 g/mol. The van der Waals surface area contributed by atoms with Gasteiger partial charge in [0.25, 0.3) is 0 Å². The largest absolute Gasteiger partial charge is 0.481 e. The van der Waals surface area contributed by atoms with Crippen LogP contribution in [0.4, 0.5) is 5.82 Å². The van der Waals surface area contributed by atoms with Crippen molar-refractivity contribution in [3.05, 3.63) is 71.4 Å². The van der Waals surface area contributed by atoms with Gasteiger partial charge in [0.15, 0.2) is 12.3 Å². The first-order valence-electron chi connectivity index (χ1n) is 25.8. The Morgan fingerprint density at radius 2 is 1.25 bits per heavy atom. The standard InChI is InChI=1S/C50H85N3O17P2/c1-3-5-7-9-11-13-15-17-18-19-21-23-25-27-29-33-46(57)68-40(37-65-45(56)34-30-32-42(55)41(54)31-28-26-24-22-20-16-14-12-10-8-6-4-2)38-66-71(61,62)70-72(63,64)67-39-43-47(58)48(59)49(69-43)53-36-35-44(51)52-50(53)60/h6,8,12,14,20,22,26,28,35-36,40-43,47-49,54-55,58-59H,3-5,7,9-11,13,15-19,21,23-25,27,29-34,37-39H2,1-2H3,(H,61,62)(H,63,64)(H2,51,52,60)/b8-6-,14-12-,22-20-,28-26-/t40-,41+,42+,43-,47-,48-,49-/m1/s1. The van der Waals surface area contributed by atoms with Crippen molar-refractivity contribution >= 4 is 33.4 Å². The van der Waals surface area contributed by atoms with Crippen molar-refractivity contribution in [1.82, 2.24) is 9.55 Å². The molecule has 0 aromatic carbocycles. The number of rotatable bonds is 42. The number of allylic oxidation sites excluding steroid dienone is 7. The van der Waals surface area contributed by atoms with E-state index in [9.17, 15) is 53.7 Å². The molecule has 0 amide bonds. The molecule has 0 saturated carbocycles. The first kappa shape index (κ1) is 64.8. The fraction of sp³-hybridized carbons (Fsp3) is 0.720. The predicted octanol–water partition coefficient (Wildman–Crippen LogP) is 8.50. The molecule has 0 spiro atoms. The molecule has 1 aromatic heterocycles. The quantitative estimate of drug-likeness (QED) is 0.0140. The Kier molecular flexibility index (Phi) is 34.4. The summed E-state index contributed by atoms with van der Waals surface area (Å²) in [7, 11) is -11.0. The van der Waals surface area contributed by atoms with E-state index in [0.717, 1.165) is 55.7 Å². The Balaban J connectivity index is 1.86. The van der Waals surface area contributed by atoms with Crippen LogP contribution in [0.15, 0.2) is 65.7 Å². The van der Waals surface area contributed by atoms with Crippen LogP contribution in [0, 0.1) is 0 Å². The van der Waals surface area contributed by atoms with Crippen molar-refractivity contribution in [2.24, 2.45) is 0 Å². The summed E-state index contributed by atoms with van der Waals surface area (Å²) in [5, 5.41) is 41.8. The van der Waals surface area contributed by atoms with Gasteiger partial charge in [0, 0.05) is 19.0 Å². The number of nitrogens with two attached hydrogens (primary N) is 1. The van der Waals surface area contributed by atoms with E-state index in [4.69, 9.17) is 29.0 Å². The van der Waals surface area contributed by atoms with Crippen LogP contribution in [0.2, 0.25) is 0 Å². The third-order valence-corrected chi connectivity index (χ3v) is 14.2. The molecule has 1 fully saturated rings. The van der Waals surface area contributed by atoms with E-state index in [-0.39, 0.29) is 37.9 Å². The second-order valence-corrected chi connectivity index (χ2v) is 21.0. The van der Waals surface area contributed by atoms with E-state index in [2.05, 4.69) is 47.4 Å². The Morgan fingerprint density at radius 1 is 0.722 bits per heavy atom. The fourth-order valence-electron chi connectivity index (χ4n) is 7.52. The number of phosphoric ester groups is 2. The number of esters is 2. The molecule has 8 N–H and O–H groups in total. The van der Waals surface area contributed by atoms with Gasteiger partial charge >= 0.3 is 33.3 Å². The molecule has 0 bridgehead atoms. The van der Waals surface area contributed by atoms with Crippen molar-refractivity contribution in [3.63, 3.8) is 0 Å². The highest BCUT2D eigenvalue weighted by Crippen LogP contribution is 2.60. The SMILES string of the molecule is CC/C=C\C/C=C\C/C=C\C/C=C\C[C@H](O)[C@@H](O)CCCC(=O)OC[C@H](COP(=O)(O)OP(=O)(O)OC[C@H]1O[C@@H](n2ccc(N)nc2=O)[C@H](O)[C@@H]1O)OC(=O)CCCCCCCCCCCCCCCCC. The number of hydrogen-bond acceptors (Lipinski definition) is 17. The number of nitrogens with zero attached hydrogens (tertiary/aromatic N) is 2. The lowest BCUT2D eigenvalue weighted by Gasteiger charge is -2.21. The van der Waals surface area contributed by atoms with Crippen LogP contribution in [0.5, 0.6) is 0 Å². The average molecular weight is 1060 g/mol. The van der Waals surface area contributed by atoms with Crippen molar-refractivity contribution in [2.45, 2.75) is 211 Å². The molecule has 22 heteroatoms. The molecule has 1 saturated heterocycles. The lowest BCUT2D eigenvalue weighted by Crippen LogP contribution is -2.36. The number of carbonyl (C=O) groups is 2. The minimum atomic E-state index is -5.49. The van der Waals surface area contributed by atoms with Crippen LogP contribution >= 0.6 is 15.6 Å². The topological polar surface area (TPSA) is 306 Å². The smallest absolute Gasteiger partial charge is 0.462 e. The van der Waals surface area contributed by atoms with Gasteiger partial charge in [-0.2, -0.15) is 9.29 Å². The number of aromatic nitrogens is 2. The van der Waals surface area contributed by atoms with Crippen LogP contribution in [-0.4, -0.2) is 108 Å². The summed E-state index contributed by atoms with van der Waals surface area (Å²) in [6, 6.07) is 1.23. The molecule has 0 aliphatic carbocycles. The summed E-state index contributed by atoms with van der Waals surface area (Å²) in [6.45, 7) is 1.76. The Hall–Kier alpha value is -3.36. The van der Waals surface area contributed by atoms with Gasteiger partial charge in [-0.1, -0.05) is 152 Å². The number of aliphatic hydroxyl groups is 4. The number of ether oxygens (including phenoxy) is 3. The molecule has 2 unspecified atom stereocenters. The minimum absolute atomic E-state index is 0.00901. The zero-order valence-corrected chi connectivity index (χ0v) is 44.2.